The Morgan fingerprint density at radius 3 is 2.50 bits per heavy atom. The molecule has 7 nitrogen and oxygen atoms in total. The summed E-state index contributed by atoms with van der Waals surface area (Å²) >= 11 is 0. The number of nitrogens with zero attached hydrogens (tertiary/aromatic N) is 3. The molecular formula is C29H30F2N4O3. The van der Waals surface area contributed by atoms with E-state index in [0.29, 0.717) is 17.7 Å². The molecule has 2 saturated heterocycles. The number of H-pyrrole nitrogens is 1. The summed E-state index contributed by atoms with van der Waals surface area (Å²) in [6, 6.07) is 12.9. The van der Waals surface area contributed by atoms with Crippen LogP contribution >= 0.6 is 0 Å². The summed E-state index contributed by atoms with van der Waals surface area (Å²) in [5.41, 5.74) is 2.52. The van der Waals surface area contributed by atoms with Gasteiger partial charge in [-0.25, -0.2) is 13.8 Å². The van der Waals surface area contributed by atoms with E-state index in [1.807, 2.05) is 17.0 Å². The van der Waals surface area contributed by atoms with Crippen LogP contribution in [0.3, 0.4) is 0 Å². The van der Waals surface area contributed by atoms with Crippen molar-refractivity contribution in [2.75, 3.05) is 45.9 Å². The lowest BCUT2D eigenvalue weighted by Gasteiger charge is -2.37. The fraction of sp³-hybridized carbons (Fsp3) is 0.379. The van der Waals surface area contributed by atoms with E-state index < -0.39 is 29.2 Å². The fourth-order valence-electron chi connectivity index (χ4n) is 4.84. The molecular weight excluding hydrogens is 490 g/mol. The molecule has 3 heterocycles. The summed E-state index contributed by atoms with van der Waals surface area (Å²) in [6.07, 6.45) is 0.458. The lowest BCUT2D eigenvalue weighted by Crippen LogP contribution is -2.50. The third-order valence-corrected chi connectivity index (χ3v) is 6.99. The standard InChI is InChI=1S/C29H30F2N4O3/c30-24-17-35(18-24)16-23(14-27-28(36)29(37)33-19-32-27)25-8-7-21(13-26(25)31)4-1-20-2-5-22(6-3-20)15-34-9-11-38-12-10-34/h2-3,5-8,13,19,23-24,36H,9-12,14-18H2,(H,32,33,37)/t23-/m0/s1. The van der Waals surface area contributed by atoms with Crippen molar-refractivity contribution >= 4 is 0 Å². The number of nitrogens with one attached hydrogen (secondary N) is 1. The molecule has 2 aromatic carbocycles. The molecule has 0 saturated carbocycles. The number of halogens is 2. The van der Waals surface area contributed by atoms with Crippen molar-refractivity contribution < 1.29 is 18.6 Å². The number of morpholine rings is 1. The first kappa shape index (κ1) is 26.0. The number of ether oxygens (including phenoxy) is 1. The lowest BCUT2D eigenvalue weighted by atomic mass is 9.91. The monoisotopic (exact) mass is 520 g/mol. The van der Waals surface area contributed by atoms with Crippen LogP contribution in [0.25, 0.3) is 0 Å². The molecule has 2 N–H and O–H groups in total. The van der Waals surface area contributed by atoms with Crippen LogP contribution in [0.5, 0.6) is 5.75 Å². The van der Waals surface area contributed by atoms with E-state index in [1.54, 1.807) is 12.1 Å². The van der Waals surface area contributed by atoms with E-state index in [-0.39, 0.29) is 25.2 Å². The van der Waals surface area contributed by atoms with Crippen molar-refractivity contribution in [1.29, 1.82) is 0 Å². The van der Waals surface area contributed by atoms with Crippen molar-refractivity contribution in [2.45, 2.75) is 25.1 Å². The number of aromatic hydroxyl groups is 1. The minimum absolute atomic E-state index is 0.141. The topological polar surface area (TPSA) is 81.7 Å². The number of likely N-dealkylation sites (tertiary alicyclic amines) is 1. The van der Waals surface area contributed by atoms with Crippen molar-refractivity contribution in [2.24, 2.45) is 0 Å². The predicted octanol–water partition coefficient (Wildman–Crippen LogP) is 2.83. The molecule has 9 heteroatoms. The van der Waals surface area contributed by atoms with Gasteiger partial charge in [0, 0.05) is 62.7 Å². The highest BCUT2D eigenvalue weighted by atomic mass is 19.1. The Bertz CT molecular complexity index is 1370. The number of aromatic nitrogens is 2. The van der Waals surface area contributed by atoms with Gasteiger partial charge in [-0.15, -0.1) is 0 Å². The Morgan fingerprint density at radius 2 is 1.79 bits per heavy atom. The first-order valence-electron chi connectivity index (χ1n) is 12.8. The van der Waals surface area contributed by atoms with Crippen LogP contribution < -0.4 is 5.56 Å². The van der Waals surface area contributed by atoms with Gasteiger partial charge < -0.3 is 14.8 Å². The van der Waals surface area contributed by atoms with Gasteiger partial charge in [0.15, 0.2) is 0 Å². The van der Waals surface area contributed by atoms with Gasteiger partial charge in [-0.1, -0.05) is 30.0 Å². The SMILES string of the molecule is O=c1[nH]cnc(C[C@@H](CN2CC(F)C2)c2ccc(C#Cc3ccc(CN4CCOCC4)cc3)cc2F)c1O. The molecule has 198 valence electrons. The van der Waals surface area contributed by atoms with E-state index in [4.69, 9.17) is 4.74 Å². The van der Waals surface area contributed by atoms with Gasteiger partial charge in [-0.2, -0.15) is 0 Å². The molecule has 2 aliphatic heterocycles. The second-order valence-electron chi connectivity index (χ2n) is 9.82. The zero-order valence-corrected chi connectivity index (χ0v) is 21.0. The quantitative estimate of drug-likeness (QED) is 0.467. The van der Waals surface area contributed by atoms with E-state index in [0.717, 1.165) is 38.4 Å². The number of benzene rings is 2. The van der Waals surface area contributed by atoms with Gasteiger partial charge in [0.1, 0.15) is 12.0 Å². The summed E-state index contributed by atoms with van der Waals surface area (Å²) in [4.78, 5) is 22.4. The van der Waals surface area contributed by atoms with Gasteiger partial charge in [-0.05, 0) is 35.4 Å². The Morgan fingerprint density at radius 1 is 1.08 bits per heavy atom. The molecule has 0 radical (unpaired) electrons. The number of hydrogen-bond donors (Lipinski definition) is 2. The molecule has 5 rings (SSSR count). The molecule has 2 fully saturated rings. The lowest BCUT2D eigenvalue weighted by molar-refractivity contribution is 0.0342. The van der Waals surface area contributed by atoms with Gasteiger partial charge in [-0.3, -0.25) is 14.6 Å². The van der Waals surface area contributed by atoms with Crippen LogP contribution in [0.1, 0.15) is 33.9 Å². The minimum Gasteiger partial charge on any atom is -0.502 e. The fourth-order valence-corrected chi connectivity index (χ4v) is 4.84. The summed E-state index contributed by atoms with van der Waals surface area (Å²) in [5.74, 6) is 4.77. The molecule has 2 aliphatic rings. The van der Waals surface area contributed by atoms with E-state index in [9.17, 15) is 14.3 Å². The maximum absolute atomic E-state index is 15.3. The highest BCUT2D eigenvalue weighted by molar-refractivity contribution is 5.45. The summed E-state index contributed by atoms with van der Waals surface area (Å²) in [7, 11) is 0. The van der Waals surface area contributed by atoms with Crippen molar-refractivity contribution in [3.63, 3.8) is 0 Å². The Kier molecular flexibility index (Phi) is 8.13. The van der Waals surface area contributed by atoms with Crippen LogP contribution in [-0.4, -0.2) is 77.0 Å². The van der Waals surface area contributed by atoms with Crippen LogP contribution in [0.2, 0.25) is 0 Å². The highest BCUT2D eigenvalue weighted by Crippen LogP contribution is 2.28. The van der Waals surface area contributed by atoms with Crippen molar-refractivity contribution in [3.8, 4) is 17.6 Å². The number of aromatic amines is 1. The molecule has 0 unspecified atom stereocenters. The second kappa shape index (κ2) is 11.9. The van der Waals surface area contributed by atoms with E-state index in [1.165, 1.54) is 18.0 Å². The Balaban J connectivity index is 1.30. The number of rotatable bonds is 7. The summed E-state index contributed by atoms with van der Waals surface area (Å²) in [6.45, 7) is 5.21. The molecule has 0 aliphatic carbocycles. The average Bonchev–Trinajstić information content (AvgIpc) is 2.90. The predicted molar refractivity (Wildman–Crippen MR) is 139 cm³/mol. The third-order valence-electron chi connectivity index (χ3n) is 6.99. The van der Waals surface area contributed by atoms with E-state index in [2.05, 4.69) is 38.8 Å². The second-order valence-corrected chi connectivity index (χ2v) is 9.82. The molecule has 38 heavy (non-hydrogen) atoms. The van der Waals surface area contributed by atoms with Gasteiger partial charge >= 0.3 is 0 Å². The number of alkyl halides is 1. The van der Waals surface area contributed by atoms with Gasteiger partial charge in [0.25, 0.3) is 5.56 Å². The molecule has 1 atom stereocenters. The maximum Gasteiger partial charge on any atom is 0.293 e. The van der Waals surface area contributed by atoms with Crippen LogP contribution in [-0.2, 0) is 17.7 Å². The number of hydrogen-bond acceptors (Lipinski definition) is 6. The smallest absolute Gasteiger partial charge is 0.293 e. The molecule has 0 spiro atoms. The minimum atomic E-state index is -0.891. The Hall–Kier alpha value is -3.58. The third kappa shape index (κ3) is 6.45. The highest BCUT2D eigenvalue weighted by Gasteiger charge is 2.30. The first-order chi connectivity index (χ1) is 18.4. The average molecular weight is 521 g/mol. The molecule has 1 aromatic heterocycles. The largest absolute Gasteiger partial charge is 0.502 e. The van der Waals surface area contributed by atoms with Crippen molar-refractivity contribution in [1.82, 2.24) is 19.8 Å². The summed E-state index contributed by atoms with van der Waals surface area (Å²) < 4.78 is 34.1. The zero-order valence-electron chi connectivity index (χ0n) is 21.0. The first-order valence-corrected chi connectivity index (χ1v) is 12.8. The maximum atomic E-state index is 15.3. The van der Waals surface area contributed by atoms with Gasteiger partial charge in [0.2, 0.25) is 5.75 Å². The molecule has 0 bridgehead atoms. The van der Waals surface area contributed by atoms with Crippen LogP contribution in [0, 0.1) is 17.7 Å². The summed E-state index contributed by atoms with van der Waals surface area (Å²) in [5, 5.41) is 10.1. The van der Waals surface area contributed by atoms with Crippen molar-refractivity contribution in [3.05, 3.63) is 92.9 Å². The zero-order chi connectivity index (χ0) is 26.5. The van der Waals surface area contributed by atoms with Crippen LogP contribution in [0.15, 0.2) is 53.6 Å². The van der Waals surface area contributed by atoms with E-state index >= 15 is 4.39 Å². The normalized spacial score (nSPS) is 17.4. The van der Waals surface area contributed by atoms with Crippen LogP contribution in [0.4, 0.5) is 8.78 Å². The Labute approximate surface area is 220 Å². The molecule has 0 amide bonds. The van der Waals surface area contributed by atoms with Gasteiger partial charge in [0.05, 0.1) is 25.2 Å². The molecule has 3 aromatic rings.